The molecule has 0 aliphatic heterocycles. The lowest BCUT2D eigenvalue weighted by atomic mass is 10.1. The molecule has 0 amide bonds. The van der Waals surface area contributed by atoms with E-state index in [0.29, 0.717) is 5.13 Å². The number of aromatic carboxylic acids is 1. The van der Waals surface area contributed by atoms with E-state index in [0.717, 1.165) is 33.5 Å². The van der Waals surface area contributed by atoms with Gasteiger partial charge in [-0.25, -0.2) is 14.8 Å². The first-order valence-electron chi connectivity index (χ1n) is 5.81. The molecule has 3 aromatic rings. The summed E-state index contributed by atoms with van der Waals surface area (Å²) in [5.41, 5.74) is 4.03. The Morgan fingerprint density at radius 1 is 1.35 bits per heavy atom. The number of thiazole rings is 1. The topological polar surface area (TPSA) is 68.0 Å². The first-order chi connectivity index (χ1) is 9.47. The first kappa shape index (κ1) is 13.1. The Morgan fingerprint density at radius 2 is 2.05 bits per heavy atom. The largest absolute Gasteiger partial charge is 0.477 e. The molecule has 20 heavy (non-hydrogen) atoms. The molecule has 0 spiro atoms. The van der Waals surface area contributed by atoms with Crippen molar-refractivity contribution in [3.63, 3.8) is 0 Å². The number of rotatable bonds is 2. The number of aromatic nitrogens is 3. The molecule has 5 nitrogen and oxygen atoms in total. The third-order valence-corrected chi connectivity index (χ3v) is 4.57. The second-order valence-electron chi connectivity index (χ2n) is 4.46. The Balaban J connectivity index is 2.22. The second kappa shape index (κ2) is 4.57. The Labute approximate surface area is 123 Å². The molecular weight excluding hydrogens is 298 g/mol. The summed E-state index contributed by atoms with van der Waals surface area (Å²) in [5.74, 6) is -1.07. The maximum atomic E-state index is 11.0. The number of carbonyl (C=O) groups is 1. The summed E-state index contributed by atoms with van der Waals surface area (Å²) in [4.78, 5) is 19.5. The van der Waals surface area contributed by atoms with Crippen molar-refractivity contribution in [3.8, 4) is 5.13 Å². The molecule has 0 atom stereocenters. The van der Waals surface area contributed by atoms with Crippen molar-refractivity contribution in [3.05, 3.63) is 39.6 Å². The normalized spacial score (nSPS) is 11.2. The van der Waals surface area contributed by atoms with Gasteiger partial charge >= 0.3 is 5.97 Å². The summed E-state index contributed by atoms with van der Waals surface area (Å²) in [6.45, 7) is 4.04. The van der Waals surface area contributed by atoms with Gasteiger partial charge in [-0.1, -0.05) is 22.9 Å². The Kier molecular flexibility index (Phi) is 2.99. The lowest BCUT2D eigenvalue weighted by Gasteiger charge is -2.02. The van der Waals surface area contributed by atoms with Crippen LogP contribution in [-0.4, -0.2) is 25.6 Å². The van der Waals surface area contributed by atoms with E-state index >= 15 is 0 Å². The number of aryl methyl sites for hydroxylation is 2. The average Bonchev–Trinajstić information content (AvgIpc) is 2.93. The highest BCUT2D eigenvalue weighted by Gasteiger charge is 2.18. The smallest absolute Gasteiger partial charge is 0.349 e. The van der Waals surface area contributed by atoms with Crippen molar-refractivity contribution in [1.82, 2.24) is 14.5 Å². The highest BCUT2D eigenvalue weighted by atomic mass is 35.5. The van der Waals surface area contributed by atoms with Crippen molar-refractivity contribution in [2.45, 2.75) is 13.8 Å². The maximum absolute atomic E-state index is 11.0. The van der Waals surface area contributed by atoms with Crippen LogP contribution < -0.4 is 0 Å². The van der Waals surface area contributed by atoms with Gasteiger partial charge in [0.2, 0.25) is 0 Å². The van der Waals surface area contributed by atoms with E-state index < -0.39 is 5.97 Å². The Hall–Kier alpha value is -1.92. The van der Waals surface area contributed by atoms with Crippen LogP contribution in [0.15, 0.2) is 18.5 Å². The number of fused-ring (bicyclic) bond motifs is 1. The van der Waals surface area contributed by atoms with E-state index in [1.165, 1.54) is 0 Å². The van der Waals surface area contributed by atoms with E-state index in [-0.39, 0.29) is 10.0 Å². The predicted octanol–water partition coefficient (Wildman–Crippen LogP) is 3.45. The van der Waals surface area contributed by atoms with E-state index in [2.05, 4.69) is 9.97 Å². The number of nitrogens with zero attached hydrogens (tertiary/aromatic N) is 3. The summed E-state index contributed by atoms with van der Waals surface area (Å²) in [6, 6.07) is 4.00. The fourth-order valence-corrected chi connectivity index (χ4v) is 3.05. The van der Waals surface area contributed by atoms with Gasteiger partial charge in [0, 0.05) is 0 Å². The van der Waals surface area contributed by atoms with Crippen molar-refractivity contribution in [1.29, 1.82) is 0 Å². The number of carboxylic acid groups (broad SMARTS) is 1. The van der Waals surface area contributed by atoms with Gasteiger partial charge in [0.1, 0.15) is 6.33 Å². The molecule has 7 heteroatoms. The summed E-state index contributed by atoms with van der Waals surface area (Å²) >= 11 is 6.88. The fraction of sp³-hybridized carbons (Fsp3) is 0.154. The first-order valence-corrected chi connectivity index (χ1v) is 7.01. The number of imidazole rings is 1. The molecule has 0 saturated carbocycles. The molecule has 1 aromatic carbocycles. The third kappa shape index (κ3) is 1.97. The number of hydrogen-bond acceptors (Lipinski definition) is 4. The maximum Gasteiger partial charge on any atom is 0.349 e. The lowest BCUT2D eigenvalue weighted by molar-refractivity contribution is 0.0702. The fourth-order valence-electron chi connectivity index (χ4n) is 1.94. The van der Waals surface area contributed by atoms with Gasteiger partial charge in [-0.2, -0.15) is 0 Å². The van der Waals surface area contributed by atoms with E-state index in [1.807, 2.05) is 26.0 Å². The predicted molar refractivity (Wildman–Crippen MR) is 78.2 cm³/mol. The zero-order valence-electron chi connectivity index (χ0n) is 10.7. The number of benzene rings is 1. The summed E-state index contributed by atoms with van der Waals surface area (Å²) in [6.07, 6.45) is 1.63. The van der Waals surface area contributed by atoms with Crippen LogP contribution in [0.5, 0.6) is 0 Å². The molecule has 102 valence electrons. The van der Waals surface area contributed by atoms with Crippen molar-refractivity contribution >= 4 is 39.9 Å². The summed E-state index contributed by atoms with van der Waals surface area (Å²) in [5, 5.41) is 9.53. The summed E-state index contributed by atoms with van der Waals surface area (Å²) in [7, 11) is 0. The third-order valence-electron chi connectivity index (χ3n) is 3.14. The monoisotopic (exact) mass is 307 g/mol. The molecule has 1 N–H and O–H groups in total. The van der Waals surface area contributed by atoms with E-state index in [9.17, 15) is 4.79 Å². The number of hydrogen-bond donors (Lipinski definition) is 1. The highest BCUT2D eigenvalue weighted by molar-refractivity contribution is 7.16. The van der Waals surface area contributed by atoms with Gasteiger partial charge < -0.3 is 5.11 Å². The minimum atomic E-state index is -1.07. The molecule has 0 aliphatic carbocycles. The van der Waals surface area contributed by atoms with Crippen molar-refractivity contribution in [2.24, 2.45) is 0 Å². The van der Waals surface area contributed by atoms with Gasteiger partial charge in [-0.15, -0.1) is 0 Å². The molecule has 2 aromatic heterocycles. The number of halogens is 1. The zero-order chi connectivity index (χ0) is 14.4. The van der Waals surface area contributed by atoms with Crippen LogP contribution in [0.3, 0.4) is 0 Å². The van der Waals surface area contributed by atoms with Gasteiger partial charge in [-0.05, 0) is 37.1 Å². The van der Waals surface area contributed by atoms with Crippen LogP contribution >= 0.6 is 22.9 Å². The van der Waals surface area contributed by atoms with Gasteiger partial charge in [0.05, 0.1) is 11.0 Å². The van der Waals surface area contributed by atoms with Gasteiger partial charge in [0.25, 0.3) is 0 Å². The van der Waals surface area contributed by atoms with Crippen LogP contribution in [0, 0.1) is 13.8 Å². The minimum Gasteiger partial charge on any atom is -0.477 e. The molecule has 2 heterocycles. The second-order valence-corrected chi connectivity index (χ2v) is 5.80. The van der Waals surface area contributed by atoms with E-state index in [1.54, 1.807) is 10.9 Å². The van der Waals surface area contributed by atoms with Crippen LogP contribution in [-0.2, 0) is 0 Å². The number of carboxylic acids is 1. The van der Waals surface area contributed by atoms with Gasteiger partial charge in [0.15, 0.2) is 15.2 Å². The van der Waals surface area contributed by atoms with Crippen molar-refractivity contribution in [2.75, 3.05) is 0 Å². The van der Waals surface area contributed by atoms with Crippen LogP contribution in [0.2, 0.25) is 5.15 Å². The lowest BCUT2D eigenvalue weighted by Crippen LogP contribution is -1.91. The van der Waals surface area contributed by atoms with E-state index in [4.69, 9.17) is 16.7 Å². The molecule has 0 aliphatic rings. The Morgan fingerprint density at radius 3 is 2.70 bits per heavy atom. The molecule has 0 radical (unpaired) electrons. The molecule has 0 bridgehead atoms. The standard InChI is InChI=1S/C13H10ClN3O2S/c1-6-3-8-9(4-7(6)2)17(5-15-8)13-16-11(14)10(20-13)12(18)19/h3-5H,1-2H3,(H,18,19). The highest BCUT2D eigenvalue weighted by Crippen LogP contribution is 2.29. The van der Waals surface area contributed by atoms with Crippen LogP contribution in [0.1, 0.15) is 20.8 Å². The molecule has 0 fully saturated rings. The van der Waals surface area contributed by atoms with Crippen molar-refractivity contribution < 1.29 is 9.90 Å². The molecular formula is C13H10ClN3O2S. The molecule has 0 unspecified atom stereocenters. The van der Waals surface area contributed by atoms with Crippen LogP contribution in [0.4, 0.5) is 0 Å². The zero-order valence-corrected chi connectivity index (χ0v) is 12.3. The Bertz CT molecular complexity index is 838. The quantitative estimate of drug-likeness (QED) is 0.787. The SMILES string of the molecule is Cc1cc2ncn(-c3nc(Cl)c(C(=O)O)s3)c2cc1C. The molecule has 0 saturated heterocycles. The summed E-state index contributed by atoms with van der Waals surface area (Å²) < 4.78 is 1.75. The average molecular weight is 308 g/mol. The minimum absolute atomic E-state index is 0.00295. The van der Waals surface area contributed by atoms with Crippen LogP contribution in [0.25, 0.3) is 16.2 Å². The van der Waals surface area contributed by atoms with Gasteiger partial charge in [-0.3, -0.25) is 4.57 Å². The molecule has 3 rings (SSSR count).